The molecule has 1 aliphatic rings. The first-order valence-electron chi connectivity index (χ1n) is 10.7. The van der Waals surface area contributed by atoms with Crippen LogP contribution in [-0.2, 0) is 0 Å². The van der Waals surface area contributed by atoms with Crippen molar-refractivity contribution in [2.75, 3.05) is 26.5 Å². The van der Waals surface area contributed by atoms with E-state index in [0.717, 1.165) is 44.6 Å². The van der Waals surface area contributed by atoms with Gasteiger partial charge in [0.15, 0.2) is 0 Å². The number of H-pyrrole nitrogens is 1. The van der Waals surface area contributed by atoms with Crippen molar-refractivity contribution in [3.63, 3.8) is 0 Å². The van der Waals surface area contributed by atoms with E-state index in [1.54, 1.807) is 30.5 Å². The number of ether oxygens (including phenoxy) is 1. The van der Waals surface area contributed by atoms with Crippen molar-refractivity contribution in [1.29, 1.82) is 0 Å². The quantitative estimate of drug-likeness (QED) is 0.394. The number of aromatic amines is 1. The largest absolute Gasteiger partial charge is 0.496 e. The maximum absolute atomic E-state index is 13.8. The number of halogens is 1. The van der Waals surface area contributed by atoms with Crippen LogP contribution in [0.3, 0.4) is 0 Å². The monoisotopic (exact) mass is 458 g/mol. The molecule has 5 rings (SSSR count). The lowest BCUT2D eigenvalue weighted by atomic mass is 9.85. The van der Waals surface area contributed by atoms with Crippen molar-refractivity contribution in [3.05, 3.63) is 94.6 Å². The van der Waals surface area contributed by atoms with Crippen LogP contribution in [0.2, 0.25) is 0 Å². The molecule has 34 heavy (non-hydrogen) atoms. The first-order chi connectivity index (χ1) is 16.4. The summed E-state index contributed by atoms with van der Waals surface area (Å²) < 4.78 is 19.4. The zero-order valence-corrected chi connectivity index (χ0v) is 18.9. The number of carboxylic acid groups (broad SMARTS) is 1. The van der Waals surface area contributed by atoms with E-state index >= 15 is 0 Å². The van der Waals surface area contributed by atoms with E-state index in [-0.39, 0.29) is 17.4 Å². The molecule has 0 amide bonds. The lowest BCUT2D eigenvalue weighted by molar-refractivity contribution is 0.0696. The van der Waals surface area contributed by atoms with Gasteiger partial charge in [-0.1, -0.05) is 18.2 Å². The number of methoxy groups -OCH3 is 1. The zero-order chi connectivity index (χ0) is 24.0. The molecule has 2 heterocycles. The summed E-state index contributed by atoms with van der Waals surface area (Å²) in [7, 11) is 5.43. The molecule has 0 fully saturated rings. The van der Waals surface area contributed by atoms with Gasteiger partial charge in [-0.3, -0.25) is 5.10 Å². The standard InChI is InChI=1S/C26H23FN4O3/c1-31(2)25-23(14-4-7-17(27)8-5-14)19-10-16-13-28-30-20(16)12-21(19)29-24(25)18-9-6-15(26(32)33)11-22(18)34-3/h4-13,24,29H,1-3H3,(H,28,30)(H,32,33). The maximum atomic E-state index is 13.8. The molecule has 0 bridgehead atoms. The molecule has 1 unspecified atom stereocenters. The zero-order valence-electron chi connectivity index (χ0n) is 18.9. The Kier molecular flexibility index (Phi) is 5.20. The summed E-state index contributed by atoms with van der Waals surface area (Å²) >= 11 is 0. The molecular weight excluding hydrogens is 435 g/mol. The average Bonchev–Trinajstić information content (AvgIpc) is 3.28. The number of fused-ring (bicyclic) bond motifs is 2. The molecular formula is C26H23FN4O3. The number of hydrogen-bond acceptors (Lipinski definition) is 5. The third-order valence-electron chi connectivity index (χ3n) is 6.08. The van der Waals surface area contributed by atoms with Crippen molar-refractivity contribution in [2.45, 2.75) is 6.04 Å². The normalized spacial score (nSPS) is 15.1. The second kappa shape index (κ2) is 8.22. The Labute approximate surface area is 195 Å². The predicted octanol–water partition coefficient (Wildman–Crippen LogP) is 4.90. The fourth-order valence-electron chi connectivity index (χ4n) is 4.53. The van der Waals surface area contributed by atoms with Crippen LogP contribution in [0.25, 0.3) is 16.5 Å². The van der Waals surface area contributed by atoms with Crippen molar-refractivity contribution in [3.8, 4) is 5.75 Å². The summed E-state index contributed by atoms with van der Waals surface area (Å²) in [6, 6.07) is 15.0. The van der Waals surface area contributed by atoms with Gasteiger partial charge in [-0.15, -0.1) is 0 Å². The molecule has 0 aliphatic carbocycles. The summed E-state index contributed by atoms with van der Waals surface area (Å²) in [5.74, 6) is -0.872. The van der Waals surface area contributed by atoms with Crippen LogP contribution >= 0.6 is 0 Å². The van der Waals surface area contributed by atoms with Crippen LogP contribution in [0.1, 0.15) is 33.1 Å². The lowest BCUT2D eigenvalue weighted by Crippen LogP contribution is -2.29. The Bertz CT molecular complexity index is 1440. The molecule has 0 radical (unpaired) electrons. The van der Waals surface area contributed by atoms with Gasteiger partial charge < -0.3 is 20.1 Å². The van der Waals surface area contributed by atoms with Crippen LogP contribution in [0.15, 0.2) is 66.5 Å². The summed E-state index contributed by atoms with van der Waals surface area (Å²) in [5.41, 5.74) is 6.38. The fraction of sp³-hybridized carbons (Fsp3) is 0.154. The SMILES string of the molecule is COc1cc(C(=O)O)ccc1C1Nc2cc3[nH]ncc3cc2C(c2ccc(F)cc2)=C1N(C)C. The Morgan fingerprint density at radius 2 is 1.88 bits per heavy atom. The third kappa shape index (κ3) is 3.53. The van der Waals surface area contributed by atoms with Crippen molar-refractivity contribution in [2.24, 2.45) is 0 Å². The highest BCUT2D eigenvalue weighted by Crippen LogP contribution is 2.47. The number of anilines is 1. The maximum Gasteiger partial charge on any atom is 0.335 e. The molecule has 8 heteroatoms. The van der Waals surface area contributed by atoms with Gasteiger partial charge in [0.25, 0.3) is 0 Å². The average molecular weight is 458 g/mol. The van der Waals surface area contributed by atoms with E-state index in [9.17, 15) is 14.3 Å². The van der Waals surface area contributed by atoms with Gasteiger partial charge in [-0.2, -0.15) is 5.10 Å². The fourth-order valence-corrected chi connectivity index (χ4v) is 4.53. The molecule has 4 aromatic rings. The van der Waals surface area contributed by atoms with E-state index in [1.165, 1.54) is 25.3 Å². The van der Waals surface area contributed by atoms with Crippen LogP contribution in [0.4, 0.5) is 10.1 Å². The molecule has 0 saturated heterocycles. The number of carboxylic acids is 1. The first-order valence-corrected chi connectivity index (χ1v) is 10.7. The second-order valence-electron chi connectivity index (χ2n) is 8.36. The van der Waals surface area contributed by atoms with Gasteiger partial charge >= 0.3 is 5.97 Å². The molecule has 1 aliphatic heterocycles. The van der Waals surface area contributed by atoms with E-state index in [0.29, 0.717) is 5.75 Å². The summed E-state index contributed by atoms with van der Waals surface area (Å²) in [5, 5.41) is 21.2. The number of aromatic carboxylic acids is 1. The number of aromatic nitrogens is 2. The van der Waals surface area contributed by atoms with Gasteiger partial charge in [0.05, 0.1) is 30.4 Å². The van der Waals surface area contributed by atoms with Crippen molar-refractivity contribution >= 4 is 28.1 Å². The van der Waals surface area contributed by atoms with Crippen molar-refractivity contribution in [1.82, 2.24) is 15.1 Å². The van der Waals surface area contributed by atoms with E-state index in [4.69, 9.17) is 4.74 Å². The van der Waals surface area contributed by atoms with Crippen molar-refractivity contribution < 1.29 is 19.0 Å². The molecule has 1 aromatic heterocycles. The lowest BCUT2D eigenvalue weighted by Gasteiger charge is -2.37. The summed E-state index contributed by atoms with van der Waals surface area (Å²) in [6.07, 6.45) is 1.77. The Morgan fingerprint density at radius 3 is 2.56 bits per heavy atom. The van der Waals surface area contributed by atoms with E-state index in [1.807, 2.05) is 25.1 Å². The van der Waals surface area contributed by atoms with Gasteiger partial charge in [0.1, 0.15) is 11.6 Å². The van der Waals surface area contributed by atoms with E-state index < -0.39 is 5.97 Å². The highest BCUT2D eigenvalue weighted by molar-refractivity contribution is 5.97. The summed E-state index contributed by atoms with van der Waals surface area (Å²) in [4.78, 5) is 13.5. The van der Waals surface area contributed by atoms with E-state index in [2.05, 4.69) is 21.6 Å². The molecule has 172 valence electrons. The van der Waals surface area contributed by atoms with Gasteiger partial charge in [-0.25, -0.2) is 9.18 Å². The summed E-state index contributed by atoms with van der Waals surface area (Å²) in [6.45, 7) is 0. The van der Waals surface area contributed by atoms with Crippen LogP contribution < -0.4 is 10.1 Å². The molecule has 0 saturated carbocycles. The third-order valence-corrected chi connectivity index (χ3v) is 6.08. The molecule has 0 spiro atoms. The van der Waals surface area contributed by atoms with Gasteiger partial charge in [0, 0.05) is 47.6 Å². The van der Waals surface area contributed by atoms with Gasteiger partial charge in [-0.05, 0) is 42.0 Å². The highest BCUT2D eigenvalue weighted by Gasteiger charge is 2.32. The van der Waals surface area contributed by atoms with Crippen LogP contribution in [0.5, 0.6) is 5.75 Å². The number of carbonyl (C=O) groups is 1. The Balaban J connectivity index is 1.81. The first kappa shape index (κ1) is 21.5. The molecule has 3 N–H and O–H groups in total. The van der Waals surface area contributed by atoms with Crippen LogP contribution in [-0.4, -0.2) is 47.4 Å². The number of rotatable bonds is 5. The minimum Gasteiger partial charge on any atom is -0.496 e. The number of nitrogens with one attached hydrogen (secondary N) is 2. The predicted molar refractivity (Wildman–Crippen MR) is 129 cm³/mol. The molecule has 1 atom stereocenters. The Hall–Kier alpha value is -4.33. The highest BCUT2D eigenvalue weighted by atomic mass is 19.1. The minimum absolute atomic E-state index is 0.144. The minimum atomic E-state index is -1.02. The molecule has 7 nitrogen and oxygen atoms in total. The number of nitrogens with zero attached hydrogens (tertiary/aromatic N) is 2. The topological polar surface area (TPSA) is 90.5 Å². The molecule has 3 aromatic carbocycles. The smallest absolute Gasteiger partial charge is 0.335 e. The number of benzene rings is 3. The Morgan fingerprint density at radius 1 is 1.12 bits per heavy atom. The van der Waals surface area contributed by atoms with Crippen LogP contribution in [0, 0.1) is 5.82 Å². The second-order valence-corrected chi connectivity index (χ2v) is 8.36. The number of hydrogen-bond donors (Lipinski definition) is 3. The number of likely N-dealkylation sites (N-methyl/N-ethyl adjacent to an activating group) is 1. The van der Waals surface area contributed by atoms with Gasteiger partial charge in [0.2, 0.25) is 0 Å².